The number of nitrogens with zero attached hydrogens (tertiary/aromatic N) is 3. The van der Waals surface area contributed by atoms with Gasteiger partial charge in [-0.3, -0.25) is 4.90 Å². The van der Waals surface area contributed by atoms with Crippen LogP contribution in [0.5, 0.6) is 0 Å². The van der Waals surface area contributed by atoms with Crippen LogP contribution in [0.4, 0.5) is 0 Å². The number of hydrogen-bond acceptors (Lipinski definition) is 14. The summed E-state index contributed by atoms with van der Waals surface area (Å²) in [7, 11) is -14.5. The van der Waals surface area contributed by atoms with E-state index in [1.54, 1.807) is 59.9 Å². The number of aliphatic hydroxyl groups is 1. The summed E-state index contributed by atoms with van der Waals surface area (Å²) in [5.41, 5.74) is 3.47. The van der Waals surface area contributed by atoms with E-state index >= 15 is 0 Å². The third-order valence-electron chi connectivity index (χ3n) is 15.1. The third kappa shape index (κ3) is 17.5. The molecule has 6 aromatic carbocycles. The number of sulfone groups is 4. The molecule has 81 heavy (non-hydrogen) atoms. The fourth-order valence-corrected chi connectivity index (χ4v) is 16.2. The molecule has 0 aliphatic carbocycles. The minimum Gasteiger partial charge on any atom is -0.385 e. The van der Waals surface area contributed by atoms with E-state index in [1.807, 2.05) is 12.1 Å². The predicted octanol–water partition coefficient (Wildman–Crippen LogP) is 12.2. The van der Waals surface area contributed by atoms with Crippen LogP contribution in [0.3, 0.4) is 0 Å². The summed E-state index contributed by atoms with van der Waals surface area (Å²) in [6, 6.07) is 42.2. The minimum absolute atomic E-state index is 0.00395. The van der Waals surface area contributed by atoms with Crippen molar-refractivity contribution in [2.75, 3.05) is 77.7 Å². The van der Waals surface area contributed by atoms with Gasteiger partial charge in [0.25, 0.3) is 0 Å². The topological polar surface area (TPSA) is 167 Å². The van der Waals surface area contributed by atoms with Crippen molar-refractivity contribution in [1.29, 1.82) is 0 Å². The van der Waals surface area contributed by atoms with Crippen molar-refractivity contribution in [2.45, 2.75) is 128 Å². The molecule has 6 aromatic rings. The molecule has 12 nitrogen and oxygen atoms in total. The number of rotatable bonds is 18. The van der Waals surface area contributed by atoms with Crippen molar-refractivity contribution in [1.82, 2.24) is 14.7 Å². The number of benzene rings is 6. The Morgan fingerprint density at radius 3 is 1.49 bits per heavy atom. The van der Waals surface area contributed by atoms with Crippen molar-refractivity contribution in [3.8, 4) is 0 Å². The summed E-state index contributed by atoms with van der Waals surface area (Å²) in [6.07, 6.45) is 14.4. The summed E-state index contributed by atoms with van der Waals surface area (Å²) in [4.78, 5) is 11.4. The molecule has 1 N–H and O–H groups in total. The van der Waals surface area contributed by atoms with Crippen LogP contribution in [-0.2, 0) is 45.0 Å². The van der Waals surface area contributed by atoms with Crippen molar-refractivity contribution in [2.24, 2.45) is 0 Å². The fraction of sp³-hybridized carbons (Fsp3) is 0.397. The van der Waals surface area contributed by atoms with Gasteiger partial charge in [-0.15, -0.1) is 11.8 Å². The second-order valence-corrected chi connectivity index (χ2v) is 31.1. The molecule has 436 valence electrons. The highest BCUT2D eigenvalue weighted by atomic mass is 32.2. The summed E-state index contributed by atoms with van der Waals surface area (Å²) in [5, 5.41) is 11.2. The minimum atomic E-state index is -3.80. The number of likely N-dealkylation sites (tertiary alicyclic amines) is 2. The Kier molecular flexibility index (Phi) is 22.7. The van der Waals surface area contributed by atoms with Crippen LogP contribution in [0, 0.1) is 0 Å². The summed E-state index contributed by atoms with van der Waals surface area (Å²) < 4.78 is 99.4. The first kappa shape index (κ1) is 64.0. The molecule has 0 bridgehead atoms. The van der Waals surface area contributed by atoms with E-state index in [4.69, 9.17) is 0 Å². The van der Waals surface area contributed by atoms with Gasteiger partial charge in [0.1, 0.15) is 0 Å². The van der Waals surface area contributed by atoms with Crippen molar-refractivity contribution >= 4 is 68.4 Å². The first-order valence-electron chi connectivity index (χ1n) is 27.9. The molecule has 0 unspecified atom stereocenters. The molecular formula is C63H79N3O9S6. The Balaban J connectivity index is 0.000000176. The zero-order valence-corrected chi connectivity index (χ0v) is 52.4. The maximum Gasteiger partial charge on any atom is 0.206 e. The predicted molar refractivity (Wildman–Crippen MR) is 330 cm³/mol. The number of hydrogen-bond donors (Lipinski definition) is 1. The van der Waals surface area contributed by atoms with Crippen LogP contribution in [0.15, 0.2) is 196 Å². The van der Waals surface area contributed by atoms with Gasteiger partial charge < -0.3 is 14.9 Å². The maximum atomic E-state index is 13.1. The smallest absolute Gasteiger partial charge is 0.206 e. The lowest BCUT2D eigenvalue weighted by Gasteiger charge is -2.38. The van der Waals surface area contributed by atoms with E-state index in [9.17, 15) is 38.8 Å². The van der Waals surface area contributed by atoms with E-state index in [0.29, 0.717) is 5.92 Å². The van der Waals surface area contributed by atoms with Crippen LogP contribution < -0.4 is 0 Å². The van der Waals surface area contributed by atoms with Gasteiger partial charge in [0.15, 0.2) is 19.7 Å². The van der Waals surface area contributed by atoms with Crippen molar-refractivity contribution in [3.63, 3.8) is 0 Å². The lowest BCUT2D eigenvalue weighted by atomic mass is 9.84. The van der Waals surface area contributed by atoms with Gasteiger partial charge >= 0.3 is 0 Å². The third-order valence-corrected chi connectivity index (χ3v) is 22.5. The molecule has 9 rings (SSSR count). The monoisotopic (exact) mass is 1210 g/mol. The Bertz CT molecular complexity index is 3570. The number of piperidine rings is 2. The summed E-state index contributed by atoms with van der Waals surface area (Å²) in [6.45, 7) is 15.7. The molecule has 2 saturated heterocycles. The van der Waals surface area contributed by atoms with Crippen molar-refractivity contribution < 1.29 is 38.8 Å². The van der Waals surface area contributed by atoms with Gasteiger partial charge in [0.05, 0.1) is 35.0 Å². The lowest BCUT2D eigenvalue weighted by molar-refractivity contribution is -0.0259. The van der Waals surface area contributed by atoms with Gasteiger partial charge in [0.2, 0.25) is 19.7 Å². The first-order chi connectivity index (χ1) is 38.6. The van der Waals surface area contributed by atoms with Gasteiger partial charge in [-0.25, -0.2) is 33.7 Å². The molecule has 0 spiro atoms. The summed E-state index contributed by atoms with van der Waals surface area (Å²) >= 11 is 3.53. The van der Waals surface area contributed by atoms with E-state index in [1.165, 1.54) is 69.6 Å². The average molecular weight is 1210 g/mol. The highest BCUT2D eigenvalue weighted by molar-refractivity contribution is 8.00. The largest absolute Gasteiger partial charge is 0.385 e. The van der Waals surface area contributed by atoms with Crippen LogP contribution in [0.1, 0.15) is 94.7 Å². The zero-order chi connectivity index (χ0) is 58.4. The van der Waals surface area contributed by atoms with Crippen LogP contribution in [-0.4, -0.2) is 131 Å². The second-order valence-electron chi connectivity index (χ2n) is 21.2. The lowest BCUT2D eigenvalue weighted by Crippen LogP contribution is -2.42. The van der Waals surface area contributed by atoms with E-state index < -0.39 is 45.0 Å². The molecule has 0 saturated carbocycles. The Morgan fingerprint density at radius 1 is 0.506 bits per heavy atom. The van der Waals surface area contributed by atoms with Crippen LogP contribution in [0.25, 0.3) is 5.57 Å². The molecule has 0 amide bonds. The van der Waals surface area contributed by atoms with Crippen LogP contribution in [0.2, 0.25) is 0 Å². The molecule has 3 aliphatic heterocycles. The highest BCUT2D eigenvalue weighted by Gasteiger charge is 2.34. The van der Waals surface area contributed by atoms with Crippen molar-refractivity contribution in [3.05, 3.63) is 168 Å². The molecule has 0 radical (unpaired) electrons. The number of thioether (sulfide) groups is 1. The van der Waals surface area contributed by atoms with Gasteiger partial charge in [0, 0.05) is 53.4 Å². The van der Waals surface area contributed by atoms with Gasteiger partial charge in [-0.1, -0.05) is 93.2 Å². The normalized spacial score (nSPS) is 16.8. The quantitative estimate of drug-likeness (QED) is 0.0808. The van der Waals surface area contributed by atoms with E-state index in [2.05, 4.69) is 96.3 Å². The maximum absolute atomic E-state index is 13.1. The Labute approximate surface area is 492 Å². The molecule has 0 aromatic heterocycles. The van der Waals surface area contributed by atoms with Gasteiger partial charge in [-0.2, -0.15) is 0 Å². The molecular weight excluding hydrogens is 1140 g/mol. The molecule has 3 aliphatic rings. The SMILES string of the molecule is CCCN1CC=C(c2cccc(S(=O)(=O)c3cccc(S(C)(=O)=O)c3)c2)CC1.CCCN1CCC(O)(c2cccc(Sc3cccc(SC)c3)c2)CC1.CCCN1CCC(c2cccc(S(=O)(=O)c3cccc(S(C)(=O)=O)c3)c2)CC1. The van der Waals surface area contributed by atoms with Gasteiger partial charge in [-0.05, 0) is 210 Å². The molecule has 3 heterocycles. The summed E-state index contributed by atoms with van der Waals surface area (Å²) in [5.74, 6) is 0.352. The van der Waals surface area contributed by atoms with Crippen LogP contribution >= 0.6 is 23.5 Å². The second kappa shape index (κ2) is 28.8. The van der Waals surface area contributed by atoms with E-state index in [-0.39, 0.29) is 29.4 Å². The Hall–Kier alpha value is -4.60. The first-order valence-corrected chi connectivity index (χ1v) is 36.7. The Morgan fingerprint density at radius 2 is 0.963 bits per heavy atom. The zero-order valence-electron chi connectivity index (χ0n) is 47.5. The van der Waals surface area contributed by atoms with E-state index in [0.717, 1.165) is 139 Å². The molecule has 0 atom stereocenters. The standard InChI is InChI=1S/C21H27NO4S2.C21H25NO4S2.C21H27NOS2/c2*1-3-12-22-13-10-17(11-14-22)18-6-4-8-20(15-18)28(25,26)21-9-5-7-19(16-21)27(2,23)24;1-3-12-22-13-10-21(23,11-14-22)17-6-4-8-19(15-17)25-20-9-5-7-18(16-20)24-2/h4-9,15-17H,3,10-14H2,1-2H3;4-10,15-16H,3,11-14H2,1-2H3;4-9,15-16,23H,3,10-14H2,1-2H3. The average Bonchev–Trinajstić information content (AvgIpc) is 3.51. The molecule has 18 heteroatoms. The molecule has 2 fully saturated rings. The highest BCUT2D eigenvalue weighted by Crippen LogP contribution is 2.38. The fourth-order valence-electron chi connectivity index (χ4n) is 10.5.